The predicted octanol–water partition coefficient (Wildman–Crippen LogP) is 0.628. The molecule has 2 unspecified atom stereocenters. The van der Waals surface area contributed by atoms with Crippen LogP contribution < -0.4 is 0 Å². The highest BCUT2D eigenvalue weighted by Crippen LogP contribution is 2.22. The van der Waals surface area contributed by atoms with Crippen LogP contribution in [0.2, 0.25) is 0 Å². The first-order chi connectivity index (χ1) is 8.10. The van der Waals surface area contributed by atoms with E-state index in [9.17, 15) is 15.0 Å². The highest BCUT2D eigenvalue weighted by atomic mass is 32.1. The van der Waals surface area contributed by atoms with Crippen molar-refractivity contribution < 1.29 is 19.7 Å². The molecule has 0 radical (unpaired) electrons. The Kier molecular flexibility index (Phi) is 5.03. The summed E-state index contributed by atoms with van der Waals surface area (Å²) in [6, 6.07) is 1.74. The van der Waals surface area contributed by atoms with Crippen molar-refractivity contribution in [2.75, 3.05) is 6.61 Å². The van der Waals surface area contributed by atoms with Crippen LogP contribution in [0.25, 0.3) is 0 Å². The molecule has 92 valence electrons. The Morgan fingerprint density at radius 3 is 3.00 bits per heavy atom. The Labute approximate surface area is 102 Å². The molecule has 0 saturated heterocycles. The van der Waals surface area contributed by atoms with Crippen molar-refractivity contribution in [3.8, 4) is 6.07 Å². The van der Waals surface area contributed by atoms with Gasteiger partial charge >= 0.3 is 5.97 Å². The second kappa shape index (κ2) is 6.30. The highest BCUT2D eigenvalue weighted by Gasteiger charge is 2.23. The molecule has 0 aromatic carbocycles. The number of aromatic nitrogens is 1. The minimum Gasteiger partial charge on any atom is -0.461 e. The number of thiazole rings is 1. The normalized spacial score (nSPS) is 13.8. The summed E-state index contributed by atoms with van der Waals surface area (Å²) in [6.45, 7) is 1.92. The lowest BCUT2D eigenvalue weighted by atomic mass is 10.1. The number of aliphatic hydroxyl groups excluding tert-OH is 2. The number of aliphatic hydroxyl groups is 2. The average Bonchev–Trinajstić information content (AvgIpc) is 2.78. The van der Waals surface area contributed by atoms with Gasteiger partial charge in [-0.05, 0) is 6.92 Å². The van der Waals surface area contributed by atoms with Gasteiger partial charge in [0.05, 0.1) is 25.2 Å². The lowest BCUT2D eigenvalue weighted by Gasteiger charge is -2.11. The van der Waals surface area contributed by atoms with Gasteiger partial charge in [0.25, 0.3) is 0 Å². The van der Waals surface area contributed by atoms with E-state index in [0.29, 0.717) is 0 Å². The Hall–Kier alpha value is -1.49. The number of carbonyl (C=O) groups is 1. The lowest BCUT2D eigenvalue weighted by molar-refractivity contribution is 0.0212. The van der Waals surface area contributed by atoms with E-state index in [1.807, 2.05) is 0 Å². The SMILES string of the molecule is CCOC(=O)c1csc(C(O)C(O)CC#N)n1. The largest absolute Gasteiger partial charge is 0.461 e. The van der Waals surface area contributed by atoms with E-state index in [1.54, 1.807) is 13.0 Å². The average molecular weight is 256 g/mol. The summed E-state index contributed by atoms with van der Waals surface area (Å²) in [5.41, 5.74) is 0.0926. The van der Waals surface area contributed by atoms with Crippen molar-refractivity contribution in [1.82, 2.24) is 4.98 Å². The maximum absolute atomic E-state index is 11.3. The fraction of sp³-hybridized carbons (Fsp3) is 0.500. The van der Waals surface area contributed by atoms with E-state index in [-0.39, 0.29) is 23.7 Å². The van der Waals surface area contributed by atoms with E-state index in [2.05, 4.69) is 4.98 Å². The number of carbonyl (C=O) groups excluding carboxylic acids is 1. The van der Waals surface area contributed by atoms with Gasteiger partial charge in [-0.15, -0.1) is 11.3 Å². The van der Waals surface area contributed by atoms with Crippen molar-refractivity contribution in [2.45, 2.75) is 25.6 Å². The molecule has 1 rings (SSSR count). The summed E-state index contributed by atoms with van der Waals surface area (Å²) in [7, 11) is 0. The van der Waals surface area contributed by atoms with Crippen LogP contribution in [0, 0.1) is 11.3 Å². The first-order valence-corrected chi connectivity index (χ1v) is 5.83. The summed E-state index contributed by atoms with van der Waals surface area (Å²) in [4.78, 5) is 15.2. The van der Waals surface area contributed by atoms with Crippen molar-refractivity contribution >= 4 is 17.3 Å². The molecule has 17 heavy (non-hydrogen) atoms. The molecule has 2 atom stereocenters. The van der Waals surface area contributed by atoms with Crippen LogP contribution >= 0.6 is 11.3 Å². The molecule has 7 heteroatoms. The van der Waals surface area contributed by atoms with E-state index in [4.69, 9.17) is 10.00 Å². The molecular weight excluding hydrogens is 244 g/mol. The first-order valence-electron chi connectivity index (χ1n) is 4.95. The summed E-state index contributed by atoms with van der Waals surface area (Å²) in [6.07, 6.45) is -2.67. The van der Waals surface area contributed by atoms with Crippen LogP contribution in [0.1, 0.15) is 34.9 Å². The van der Waals surface area contributed by atoms with Crippen LogP contribution in [-0.4, -0.2) is 33.9 Å². The van der Waals surface area contributed by atoms with E-state index >= 15 is 0 Å². The first kappa shape index (κ1) is 13.6. The summed E-state index contributed by atoms with van der Waals surface area (Å²) in [5, 5.41) is 29.1. The molecule has 1 aromatic rings. The number of hydrogen-bond donors (Lipinski definition) is 2. The number of nitriles is 1. The molecular formula is C10H12N2O4S. The van der Waals surface area contributed by atoms with Crippen LogP contribution in [0.5, 0.6) is 0 Å². The molecule has 0 fully saturated rings. The maximum atomic E-state index is 11.3. The van der Waals surface area contributed by atoms with Gasteiger partial charge in [-0.2, -0.15) is 5.26 Å². The summed E-state index contributed by atoms with van der Waals surface area (Å²) in [5.74, 6) is -0.572. The monoisotopic (exact) mass is 256 g/mol. The molecule has 0 saturated carbocycles. The van der Waals surface area contributed by atoms with Gasteiger partial charge < -0.3 is 14.9 Å². The minimum atomic E-state index is -1.26. The minimum absolute atomic E-state index is 0.0926. The molecule has 1 heterocycles. The Morgan fingerprint density at radius 1 is 1.71 bits per heavy atom. The van der Waals surface area contributed by atoms with Crippen LogP contribution in [0.3, 0.4) is 0 Å². The summed E-state index contributed by atoms with van der Waals surface area (Å²) < 4.78 is 4.74. The third-order valence-electron chi connectivity index (χ3n) is 1.92. The van der Waals surface area contributed by atoms with Crippen molar-refractivity contribution in [3.63, 3.8) is 0 Å². The standard InChI is InChI=1S/C10H12N2O4S/c1-2-16-10(15)6-5-17-9(12-6)8(14)7(13)3-4-11/h5,7-8,13-14H,2-3H2,1H3. The number of rotatable bonds is 5. The van der Waals surface area contributed by atoms with Gasteiger partial charge in [-0.3, -0.25) is 0 Å². The smallest absolute Gasteiger partial charge is 0.357 e. The molecule has 6 nitrogen and oxygen atoms in total. The van der Waals surface area contributed by atoms with Crippen molar-refractivity contribution in [1.29, 1.82) is 5.26 Å². The van der Waals surface area contributed by atoms with Gasteiger partial charge in [0, 0.05) is 5.38 Å². The Bertz CT molecular complexity index is 426. The van der Waals surface area contributed by atoms with E-state index in [0.717, 1.165) is 11.3 Å². The van der Waals surface area contributed by atoms with Gasteiger partial charge in [0.2, 0.25) is 0 Å². The zero-order valence-corrected chi connectivity index (χ0v) is 9.98. The number of ether oxygens (including phenoxy) is 1. The summed E-state index contributed by atoms with van der Waals surface area (Å²) >= 11 is 1.03. The van der Waals surface area contributed by atoms with Gasteiger partial charge in [-0.25, -0.2) is 9.78 Å². The second-order valence-corrected chi connectivity index (χ2v) is 4.06. The van der Waals surface area contributed by atoms with Gasteiger partial charge in [0.1, 0.15) is 11.1 Å². The Balaban J connectivity index is 2.74. The molecule has 0 bridgehead atoms. The van der Waals surface area contributed by atoms with E-state index in [1.165, 1.54) is 5.38 Å². The quantitative estimate of drug-likeness (QED) is 0.749. The molecule has 0 amide bonds. The van der Waals surface area contributed by atoms with Crippen LogP contribution in [-0.2, 0) is 4.74 Å². The Morgan fingerprint density at radius 2 is 2.41 bits per heavy atom. The van der Waals surface area contributed by atoms with Crippen LogP contribution in [0.15, 0.2) is 5.38 Å². The van der Waals surface area contributed by atoms with Gasteiger partial charge in [-0.1, -0.05) is 0 Å². The number of nitrogens with zero attached hydrogens (tertiary/aromatic N) is 2. The number of esters is 1. The lowest BCUT2D eigenvalue weighted by Crippen LogP contribution is -2.17. The number of hydrogen-bond acceptors (Lipinski definition) is 7. The zero-order valence-electron chi connectivity index (χ0n) is 9.16. The predicted molar refractivity (Wildman–Crippen MR) is 59.3 cm³/mol. The van der Waals surface area contributed by atoms with Crippen molar-refractivity contribution in [2.24, 2.45) is 0 Å². The maximum Gasteiger partial charge on any atom is 0.357 e. The van der Waals surface area contributed by atoms with E-state index < -0.39 is 18.2 Å². The topological polar surface area (TPSA) is 103 Å². The molecule has 0 aliphatic heterocycles. The fourth-order valence-corrected chi connectivity index (χ4v) is 1.92. The van der Waals surface area contributed by atoms with Crippen LogP contribution in [0.4, 0.5) is 0 Å². The highest BCUT2D eigenvalue weighted by molar-refractivity contribution is 7.09. The molecule has 2 N–H and O–H groups in total. The molecule has 1 aromatic heterocycles. The molecule has 0 aliphatic carbocycles. The third kappa shape index (κ3) is 3.49. The second-order valence-electron chi connectivity index (χ2n) is 3.17. The molecule has 0 spiro atoms. The third-order valence-corrected chi connectivity index (χ3v) is 2.84. The van der Waals surface area contributed by atoms with Crippen molar-refractivity contribution in [3.05, 3.63) is 16.1 Å². The molecule has 0 aliphatic rings. The fourth-order valence-electron chi connectivity index (χ4n) is 1.09. The zero-order chi connectivity index (χ0) is 12.8. The van der Waals surface area contributed by atoms with Gasteiger partial charge in [0.15, 0.2) is 5.69 Å².